The monoisotopic (exact) mass is 396 g/mol. The molecule has 3 aromatic rings. The molecule has 0 saturated carbocycles. The van der Waals surface area contributed by atoms with Crippen molar-refractivity contribution in [3.63, 3.8) is 0 Å². The number of nitrogens with one attached hydrogen (secondary N) is 1. The van der Waals surface area contributed by atoms with Gasteiger partial charge in [0.25, 0.3) is 0 Å². The average Bonchev–Trinajstić information content (AvgIpc) is 2.71. The average molecular weight is 397 g/mol. The lowest BCUT2D eigenvalue weighted by Crippen LogP contribution is -2.22. The second-order valence-corrected chi connectivity index (χ2v) is 6.91. The Morgan fingerprint density at radius 3 is 2.72 bits per heavy atom. The van der Waals surface area contributed by atoms with Gasteiger partial charge in [0.05, 0.1) is 17.4 Å². The van der Waals surface area contributed by atoms with E-state index in [-0.39, 0.29) is 20.1 Å². The zero-order valence-electron chi connectivity index (χ0n) is 16.6. The van der Waals surface area contributed by atoms with Crippen molar-refractivity contribution < 1.29 is 9.84 Å². The van der Waals surface area contributed by atoms with Gasteiger partial charge in [-0.15, -0.1) is 0 Å². The number of unbranched alkanes of at least 4 members (excludes halogenated alkanes) is 1. The summed E-state index contributed by atoms with van der Waals surface area (Å²) in [5.41, 5.74) is 1.80. The topological polar surface area (TPSA) is 80.2 Å². The van der Waals surface area contributed by atoms with Crippen LogP contribution < -0.4 is 10.1 Å². The third kappa shape index (κ3) is 6.39. The number of aromatic nitrogens is 3. The molecule has 2 heterocycles. The van der Waals surface area contributed by atoms with E-state index in [0.717, 1.165) is 35.9 Å². The van der Waals surface area contributed by atoms with Gasteiger partial charge >= 0.3 is 0 Å². The van der Waals surface area contributed by atoms with Crippen LogP contribution in [0.3, 0.4) is 0 Å². The lowest BCUT2D eigenvalue weighted by molar-refractivity contribution is 0.275. The van der Waals surface area contributed by atoms with Crippen LogP contribution in [0.1, 0.15) is 51.6 Å². The number of aliphatic hydroxyl groups is 1. The molecule has 0 amide bonds. The number of hydrogen-bond donors (Lipinski definition) is 2. The fourth-order valence-electron chi connectivity index (χ4n) is 3.10. The second kappa shape index (κ2) is 11.3. The Bertz CT molecular complexity index is 901. The number of para-hydroxylation sites is 1. The fourth-order valence-corrected chi connectivity index (χ4v) is 3.10. The molecule has 0 unspecified atom stereocenters. The van der Waals surface area contributed by atoms with Crippen LogP contribution in [0.5, 0.6) is 5.75 Å². The number of ether oxygens (including phenoxy) is 1. The standard InChI is InChI=1S/C22H28N4O2.CH4/c1-3-4-8-18(12-13-27)26-22-21(14-23-16(2)24-22)28-15-19-11-10-17-7-5-6-9-20(17)25-19;/h5-7,9-11,14,18,27H,3-4,8,12-13,15H2,1-2H3,(H,23,24,26);1H4/t18-;/m0./s1. The summed E-state index contributed by atoms with van der Waals surface area (Å²) in [4.78, 5) is 13.4. The van der Waals surface area contributed by atoms with Gasteiger partial charge in [-0.25, -0.2) is 15.0 Å². The number of anilines is 1. The lowest BCUT2D eigenvalue weighted by Gasteiger charge is -2.20. The molecular weight excluding hydrogens is 364 g/mol. The number of fused-ring (bicyclic) bond motifs is 1. The van der Waals surface area contributed by atoms with Crippen molar-refractivity contribution in [1.29, 1.82) is 0 Å². The molecule has 2 aromatic heterocycles. The van der Waals surface area contributed by atoms with Crippen molar-refractivity contribution in [3.05, 3.63) is 54.1 Å². The molecule has 29 heavy (non-hydrogen) atoms. The highest BCUT2D eigenvalue weighted by Crippen LogP contribution is 2.24. The Labute approximate surface area is 173 Å². The summed E-state index contributed by atoms with van der Waals surface area (Å²) in [6.45, 7) is 4.50. The van der Waals surface area contributed by atoms with Gasteiger partial charge in [0.2, 0.25) is 0 Å². The predicted octanol–water partition coefficient (Wildman–Crippen LogP) is 4.90. The molecule has 1 atom stereocenters. The molecular formula is C23H32N4O2. The van der Waals surface area contributed by atoms with Crippen molar-refractivity contribution in [2.45, 2.75) is 59.6 Å². The summed E-state index contributed by atoms with van der Waals surface area (Å²) < 4.78 is 6.00. The van der Waals surface area contributed by atoms with Crippen molar-refractivity contribution in [2.75, 3.05) is 11.9 Å². The largest absolute Gasteiger partial charge is 0.482 e. The number of pyridine rings is 1. The molecule has 2 N–H and O–H groups in total. The summed E-state index contributed by atoms with van der Waals surface area (Å²) in [7, 11) is 0. The van der Waals surface area contributed by atoms with Crippen LogP contribution in [-0.2, 0) is 6.61 Å². The van der Waals surface area contributed by atoms with Crippen LogP contribution >= 0.6 is 0 Å². The predicted molar refractivity (Wildman–Crippen MR) is 118 cm³/mol. The number of benzene rings is 1. The van der Waals surface area contributed by atoms with E-state index in [1.165, 1.54) is 0 Å². The molecule has 6 nitrogen and oxygen atoms in total. The minimum absolute atomic E-state index is 0. The highest BCUT2D eigenvalue weighted by molar-refractivity contribution is 5.78. The van der Waals surface area contributed by atoms with Crippen LogP contribution in [0.15, 0.2) is 42.6 Å². The first-order valence-corrected chi connectivity index (χ1v) is 9.88. The van der Waals surface area contributed by atoms with Gasteiger partial charge in [-0.05, 0) is 31.9 Å². The number of rotatable bonds is 10. The zero-order valence-corrected chi connectivity index (χ0v) is 16.6. The lowest BCUT2D eigenvalue weighted by atomic mass is 10.1. The molecule has 0 aliphatic carbocycles. The summed E-state index contributed by atoms with van der Waals surface area (Å²) in [5.74, 6) is 1.94. The van der Waals surface area contributed by atoms with Crippen molar-refractivity contribution in [3.8, 4) is 5.75 Å². The summed E-state index contributed by atoms with van der Waals surface area (Å²) in [6, 6.07) is 12.2. The SMILES string of the molecule is C.CCCC[C@@H](CCO)Nc1nc(C)ncc1OCc1ccc2ccccc2n1. The normalized spacial score (nSPS) is 11.7. The van der Waals surface area contributed by atoms with Crippen LogP contribution in [-0.4, -0.2) is 32.7 Å². The van der Waals surface area contributed by atoms with E-state index in [1.54, 1.807) is 6.20 Å². The minimum Gasteiger partial charge on any atom is -0.482 e. The van der Waals surface area contributed by atoms with E-state index >= 15 is 0 Å². The third-order valence-corrected chi connectivity index (χ3v) is 4.63. The quantitative estimate of drug-likeness (QED) is 0.507. The molecule has 0 spiro atoms. The highest BCUT2D eigenvalue weighted by atomic mass is 16.5. The van der Waals surface area contributed by atoms with Gasteiger partial charge < -0.3 is 15.2 Å². The molecule has 1 aromatic carbocycles. The smallest absolute Gasteiger partial charge is 0.180 e. The van der Waals surface area contributed by atoms with Crippen molar-refractivity contribution >= 4 is 16.7 Å². The molecule has 6 heteroatoms. The van der Waals surface area contributed by atoms with Crippen LogP contribution in [0.4, 0.5) is 5.82 Å². The fraction of sp³-hybridized carbons (Fsp3) is 0.435. The second-order valence-electron chi connectivity index (χ2n) is 6.91. The summed E-state index contributed by atoms with van der Waals surface area (Å²) >= 11 is 0. The van der Waals surface area contributed by atoms with Gasteiger partial charge in [0, 0.05) is 18.0 Å². The van der Waals surface area contributed by atoms with Gasteiger partial charge in [0.1, 0.15) is 12.4 Å². The molecule has 0 aliphatic rings. The maximum Gasteiger partial charge on any atom is 0.180 e. The Balaban J connectivity index is 0.00000300. The first kappa shape index (κ1) is 22.6. The Morgan fingerprint density at radius 2 is 1.93 bits per heavy atom. The zero-order chi connectivity index (χ0) is 19.8. The van der Waals surface area contributed by atoms with E-state index in [0.29, 0.717) is 30.4 Å². The van der Waals surface area contributed by atoms with E-state index in [2.05, 4.69) is 27.2 Å². The number of hydrogen-bond acceptors (Lipinski definition) is 6. The first-order chi connectivity index (χ1) is 13.7. The third-order valence-electron chi connectivity index (χ3n) is 4.63. The van der Waals surface area contributed by atoms with Crippen LogP contribution in [0.2, 0.25) is 0 Å². The molecule has 0 fully saturated rings. The number of nitrogens with zero attached hydrogens (tertiary/aromatic N) is 3. The van der Waals surface area contributed by atoms with Gasteiger partial charge in [-0.2, -0.15) is 0 Å². The van der Waals surface area contributed by atoms with Crippen molar-refractivity contribution in [1.82, 2.24) is 15.0 Å². The summed E-state index contributed by atoms with van der Waals surface area (Å²) in [5, 5.41) is 13.9. The minimum atomic E-state index is 0. The molecule has 156 valence electrons. The molecule has 0 saturated heterocycles. The van der Waals surface area contributed by atoms with Gasteiger partial charge in [-0.1, -0.05) is 51.5 Å². The van der Waals surface area contributed by atoms with Gasteiger partial charge in [-0.3, -0.25) is 0 Å². The first-order valence-electron chi connectivity index (χ1n) is 9.88. The maximum atomic E-state index is 9.36. The van der Waals surface area contributed by atoms with E-state index < -0.39 is 0 Å². The Hall–Kier alpha value is -2.73. The number of aryl methyl sites for hydroxylation is 1. The molecule has 0 radical (unpaired) electrons. The molecule has 3 rings (SSSR count). The summed E-state index contributed by atoms with van der Waals surface area (Å²) in [6.07, 6.45) is 5.56. The van der Waals surface area contributed by atoms with Crippen molar-refractivity contribution in [2.24, 2.45) is 0 Å². The van der Waals surface area contributed by atoms with Gasteiger partial charge in [0.15, 0.2) is 11.6 Å². The van der Waals surface area contributed by atoms with E-state index in [4.69, 9.17) is 4.74 Å². The Morgan fingerprint density at radius 1 is 1.10 bits per heavy atom. The molecule has 0 bridgehead atoms. The molecule has 0 aliphatic heterocycles. The van der Waals surface area contributed by atoms with Crippen LogP contribution in [0, 0.1) is 6.92 Å². The van der Waals surface area contributed by atoms with E-state index in [1.807, 2.05) is 43.3 Å². The Kier molecular flexibility index (Phi) is 8.80. The van der Waals surface area contributed by atoms with E-state index in [9.17, 15) is 5.11 Å². The maximum absolute atomic E-state index is 9.36. The van der Waals surface area contributed by atoms with Crippen LogP contribution in [0.25, 0.3) is 10.9 Å². The number of aliphatic hydroxyl groups excluding tert-OH is 1. The highest BCUT2D eigenvalue weighted by Gasteiger charge is 2.14.